The van der Waals surface area contributed by atoms with Crippen LogP contribution in [0.5, 0.6) is 0 Å². The fourth-order valence-electron chi connectivity index (χ4n) is 0.754. The maximum atomic E-state index is 11.2. The van der Waals surface area contributed by atoms with Crippen LogP contribution >= 0.6 is 0 Å². The van der Waals surface area contributed by atoms with Crippen LogP contribution in [0.15, 0.2) is 0 Å². The van der Waals surface area contributed by atoms with Crippen LogP contribution in [0.1, 0.15) is 20.8 Å². The highest BCUT2D eigenvalue weighted by Crippen LogP contribution is 2.10. The number of aliphatic hydroxyl groups is 1. The molecule has 4 heteroatoms. The molecule has 0 aromatic carbocycles. The van der Waals surface area contributed by atoms with E-state index in [4.69, 9.17) is 10.2 Å². The Kier molecular flexibility index (Phi) is 3.89. The first-order valence-corrected chi connectivity index (χ1v) is 3.82. The molecule has 0 aliphatic carbocycles. The zero-order chi connectivity index (χ0) is 9.89. The first-order chi connectivity index (χ1) is 5.37. The second-order valence-corrected chi connectivity index (χ2v) is 2.99. The van der Waals surface area contributed by atoms with Gasteiger partial charge >= 0.3 is 5.97 Å². The van der Waals surface area contributed by atoms with Crippen molar-refractivity contribution in [3.05, 3.63) is 0 Å². The minimum Gasteiger partial charge on any atom is -0.481 e. The van der Waals surface area contributed by atoms with Crippen LogP contribution in [0.4, 0.5) is 0 Å². The average Bonchev–Trinajstić information content (AvgIpc) is 2.00. The molecule has 0 bridgehead atoms. The van der Waals surface area contributed by atoms with Crippen molar-refractivity contribution in [1.29, 1.82) is 0 Å². The van der Waals surface area contributed by atoms with Gasteiger partial charge in [0.05, 0.1) is 6.10 Å². The van der Waals surface area contributed by atoms with Crippen molar-refractivity contribution in [2.45, 2.75) is 26.9 Å². The van der Waals surface area contributed by atoms with E-state index in [-0.39, 0.29) is 0 Å². The summed E-state index contributed by atoms with van der Waals surface area (Å²) in [5.41, 5.74) is 0. The Morgan fingerprint density at radius 1 is 1.17 bits per heavy atom. The molecule has 0 heterocycles. The van der Waals surface area contributed by atoms with Gasteiger partial charge in [0.1, 0.15) is 5.92 Å². The zero-order valence-corrected chi connectivity index (χ0v) is 7.44. The van der Waals surface area contributed by atoms with E-state index in [1.54, 1.807) is 0 Å². The molecule has 0 unspecified atom stereocenters. The molecule has 0 saturated heterocycles. The van der Waals surface area contributed by atoms with E-state index in [0.29, 0.717) is 0 Å². The predicted molar refractivity (Wildman–Crippen MR) is 42.7 cm³/mol. The van der Waals surface area contributed by atoms with Gasteiger partial charge in [0.25, 0.3) is 0 Å². The van der Waals surface area contributed by atoms with Gasteiger partial charge in [-0.1, -0.05) is 6.92 Å². The van der Waals surface area contributed by atoms with E-state index >= 15 is 0 Å². The van der Waals surface area contributed by atoms with Gasteiger partial charge in [-0.25, -0.2) is 0 Å². The first kappa shape index (κ1) is 11.1. The summed E-state index contributed by atoms with van der Waals surface area (Å²) in [6.07, 6.45) is -0.792. The molecular weight excluding hydrogens is 160 g/mol. The van der Waals surface area contributed by atoms with E-state index in [0.717, 1.165) is 0 Å². The van der Waals surface area contributed by atoms with Gasteiger partial charge in [-0.15, -0.1) is 0 Å². The number of hydrogen-bond donors (Lipinski definition) is 2. The number of aliphatic carboxylic acids is 1. The lowest BCUT2D eigenvalue weighted by Crippen LogP contribution is -2.31. The van der Waals surface area contributed by atoms with Crippen molar-refractivity contribution in [3.63, 3.8) is 0 Å². The number of carboxylic acids is 1. The molecule has 2 N–H and O–H groups in total. The lowest BCUT2D eigenvalue weighted by molar-refractivity contribution is -0.147. The second-order valence-electron chi connectivity index (χ2n) is 2.99. The highest BCUT2D eigenvalue weighted by Gasteiger charge is 2.27. The monoisotopic (exact) mass is 174 g/mol. The second kappa shape index (κ2) is 4.21. The average molecular weight is 174 g/mol. The predicted octanol–water partition coefficient (Wildman–Crippen LogP) is 0.293. The minimum absolute atomic E-state index is 0.433. The minimum atomic E-state index is -1.15. The third kappa shape index (κ3) is 2.62. The highest BCUT2D eigenvalue weighted by atomic mass is 16.4. The molecule has 3 atom stereocenters. The van der Waals surface area contributed by atoms with Crippen molar-refractivity contribution in [2.75, 3.05) is 0 Å². The smallest absolute Gasteiger partial charge is 0.313 e. The van der Waals surface area contributed by atoms with Crippen LogP contribution < -0.4 is 0 Å². The van der Waals surface area contributed by atoms with Crippen LogP contribution in [0.25, 0.3) is 0 Å². The van der Waals surface area contributed by atoms with Gasteiger partial charge in [0, 0.05) is 5.92 Å². The summed E-state index contributed by atoms with van der Waals surface area (Å²) in [6.45, 7) is 4.31. The maximum Gasteiger partial charge on any atom is 0.313 e. The fraction of sp³-hybridized carbons (Fsp3) is 0.750. The van der Waals surface area contributed by atoms with Crippen LogP contribution in [0.2, 0.25) is 0 Å². The van der Waals surface area contributed by atoms with Crippen molar-refractivity contribution >= 4 is 11.8 Å². The topological polar surface area (TPSA) is 74.6 Å². The van der Waals surface area contributed by atoms with Gasteiger partial charge in [0.2, 0.25) is 0 Å². The quantitative estimate of drug-likeness (QED) is 0.601. The van der Waals surface area contributed by atoms with Gasteiger partial charge < -0.3 is 10.2 Å². The summed E-state index contributed by atoms with van der Waals surface area (Å²) >= 11 is 0. The number of Topliss-reactive ketones (excluding diaryl/α,β-unsaturated/α-hetero) is 1. The van der Waals surface area contributed by atoms with E-state index in [9.17, 15) is 9.59 Å². The van der Waals surface area contributed by atoms with Crippen LogP contribution in [-0.4, -0.2) is 28.1 Å². The van der Waals surface area contributed by atoms with Crippen molar-refractivity contribution in [1.82, 2.24) is 0 Å². The third-order valence-electron chi connectivity index (χ3n) is 1.97. The van der Waals surface area contributed by atoms with E-state index in [1.165, 1.54) is 20.8 Å². The van der Waals surface area contributed by atoms with Crippen molar-refractivity contribution < 1.29 is 19.8 Å². The number of rotatable bonds is 4. The first-order valence-electron chi connectivity index (χ1n) is 3.82. The largest absolute Gasteiger partial charge is 0.481 e. The number of hydrogen-bond acceptors (Lipinski definition) is 3. The number of carbonyl (C=O) groups is 2. The molecule has 4 nitrogen and oxygen atoms in total. The Morgan fingerprint density at radius 3 is 1.83 bits per heavy atom. The Hall–Kier alpha value is -0.900. The summed E-state index contributed by atoms with van der Waals surface area (Å²) in [7, 11) is 0. The van der Waals surface area contributed by atoms with E-state index < -0.39 is 29.7 Å². The molecule has 0 radical (unpaired) electrons. The van der Waals surface area contributed by atoms with Crippen LogP contribution in [-0.2, 0) is 9.59 Å². The van der Waals surface area contributed by atoms with Gasteiger partial charge in [0.15, 0.2) is 5.78 Å². The number of ketones is 1. The molecule has 0 aliphatic rings. The standard InChI is InChI=1S/C8H14O4/c1-4(6(3)9)7(10)5(2)8(11)12/h4-6,9H,1-3H3,(H,11,12)/t4-,5-,6-/m1/s1. The molecule has 0 saturated carbocycles. The lowest BCUT2D eigenvalue weighted by atomic mass is 9.92. The fourth-order valence-corrected chi connectivity index (χ4v) is 0.754. The molecule has 70 valence electrons. The van der Waals surface area contributed by atoms with Crippen LogP contribution in [0, 0.1) is 11.8 Å². The number of carbonyl (C=O) groups excluding carboxylic acids is 1. The highest BCUT2D eigenvalue weighted by molar-refractivity contribution is 5.99. The summed E-state index contributed by atoms with van der Waals surface area (Å²) in [5.74, 6) is -3.23. The molecule has 0 amide bonds. The molecule has 0 aromatic heterocycles. The van der Waals surface area contributed by atoms with Gasteiger partial charge in [-0.05, 0) is 13.8 Å². The lowest BCUT2D eigenvalue weighted by Gasteiger charge is -2.15. The zero-order valence-electron chi connectivity index (χ0n) is 7.44. The normalized spacial score (nSPS) is 18.0. The maximum absolute atomic E-state index is 11.2. The summed E-state index contributed by atoms with van der Waals surface area (Å²) in [6, 6.07) is 0. The summed E-state index contributed by atoms with van der Waals surface area (Å²) < 4.78 is 0. The molecule has 0 aromatic rings. The third-order valence-corrected chi connectivity index (χ3v) is 1.97. The van der Waals surface area contributed by atoms with Crippen molar-refractivity contribution in [2.24, 2.45) is 11.8 Å². The number of aliphatic hydroxyl groups excluding tert-OH is 1. The molecule has 0 rings (SSSR count). The SMILES string of the molecule is C[C@@H](C(=O)O)C(=O)[C@H](C)[C@@H](C)O. The molecule has 0 aliphatic heterocycles. The van der Waals surface area contributed by atoms with Crippen LogP contribution in [0.3, 0.4) is 0 Å². The van der Waals surface area contributed by atoms with E-state index in [1.807, 2.05) is 0 Å². The molecular formula is C8H14O4. The Balaban J connectivity index is 4.29. The molecule has 0 spiro atoms. The Bertz CT molecular complexity index is 185. The number of carboxylic acid groups (broad SMARTS) is 1. The molecule has 12 heavy (non-hydrogen) atoms. The van der Waals surface area contributed by atoms with Gasteiger partial charge in [-0.3, -0.25) is 9.59 Å². The summed E-state index contributed by atoms with van der Waals surface area (Å²) in [5, 5.41) is 17.5. The Labute approximate surface area is 71.2 Å². The summed E-state index contributed by atoms with van der Waals surface area (Å²) in [4.78, 5) is 21.6. The Morgan fingerprint density at radius 2 is 1.58 bits per heavy atom. The van der Waals surface area contributed by atoms with E-state index in [2.05, 4.69) is 0 Å². The molecule has 0 fully saturated rings. The van der Waals surface area contributed by atoms with Gasteiger partial charge in [-0.2, -0.15) is 0 Å². The van der Waals surface area contributed by atoms with Crippen molar-refractivity contribution in [3.8, 4) is 0 Å².